The Balaban J connectivity index is 1.50. The summed E-state index contributed by atoms with van der Waals surface area (Å²) in [6.45, 7) is 4.01. The maximum Gasteiger partial charge on any atom is 0.324 e. The summed E-state index contributed by atoms with van der Waals surface area (Å²) in [5.41, 5.74) is 7.15. The van der Waals surface area contributed by atoms with Gasteiger partial charge < -0.3 is 20.5 Å². The van der Waals surface area contributed by atoms with Crippen LogP contribution >= 0.6 is 0 Å². The van der Waals surface area contributed by atoms with Crippen molar-refractivity contribution in [2.45, 2.75) is 19.8 Å². The van der Waals surface area contributed by atoms with Gasteiger partial charge in [0, 0.05) is 24.4 Å². The SMILES string of the molecule is COc1ccc(-n2nc(C(C)C)cc2NC(=O)Nc2ccc(Oc3ccnc(N)c3)cc2F)cc1. The number of amides is 2. The summed E-state index contributed by atoms with van der Waals surface area (Å²) in [6.07, 6.45) is 1.49. The van der Waals surface area contributed by atoms with Gasteiger partial charge in [-0.25, -0.2) is 18.9 Å². The van der Waals surface area contributed by atoms with Crippen molar-refractivity contribution in [1.82, 2.24) is 14.8 Å². The zero-order valence-electron chi connectivity index (χ0n) is 19.4. The van der Waals surface area contributed by atoms with Gasteiger partial charge in [-0.15, -0.1) is 0 Å². The fourth-order valence-electron chi connectivity index (χ4n) is 3.25. The molecule has 2 heterocycles. The molecule has 4 N–H and O–H groups in total. The Morgan fingerprint density at radius 2 is 1.71 bits per heavy atom. The van der Waals surface area contributed by atoms with Crippen molar-refractivity contribution in [2.24, 2.45) is 0 Å². The van der Waals surface area contributed by atoms with Crippen LogP contribution in [-0.2, 0) is 0 Å². The van der Waals surface area contributed by atoms with Crippen LogP contribution in [0.15, 0.2) is 66.9 Å². The molecule has 0 aliphatic carbocycles. The number of halogens is 1. The van der Waals surface area contributed by atoms with Crippen molar-refractivity contribution < 1.29 is 18.7 Å². The molecule has 35 heavy (non-hydrogen) atoms. The minimum absolute atomic E-state index is 0.0105. The molecule has 2 aromatic carbocycles. The number of ether oxygens (including phenoxy) is 2. The summed E-state index contributed by atoms with van der Waals surface area (Å²) in [4.78, 5) is 16.6. The molecule has 10 heteroatoms. The van der Waals surface area contributed by atoms with Crippen LogP contribution < -0.4 is 25.8 Å². The number of carbonyl (C=O) groups excluding carboxylic acids is 1. The smallest absolute Gasteiger partial charge is 0.324 e. The minimum atomic E-state index is -0.661. The van der Waals surface area contributed by atoms with Crippen molar-refractivity contribution in [3.63, 3.8) is 0 Å². The van der Waals surface area contributed by atoms with E-state index in [1.54, 1.807) is 36.1 Å². The topological polar surface area (TPSA) is 116 Å². The van der Waals surface area contributed by atoms with E-state index >= 15 is 0 Å². The standard InChI is InChI=1S/C25H25FN6O3/c1-15(2)22-14-24(32(31-22)16-4-6-17(34-3)7-5-16)30-25(33)29-21-9-8-18(12-20(21)26)35-19-10-11-28-23(27)13-19/h4-15H,1-3H3,(H2,27,28)(H2,29,30,33). The molecule has 0 saturated carbocycles. The summed E-state index contributed by atoms with van der Waals surface area (Å²) in [5.74, 6) is 1.57. The van der Waals surface area contributed by atoms with E-state index in [0.717, 1.165) is 11.4 Å². The zero-order chi connectivity index (χ0) is 24.9. The second-order valence-corrected chi connectivity index (χ2v) is 7.96. The van der Waals surface area contributed by atoms with Gasteiger partial charge in [0.1, 0.15) is 34.7 Å². The third-order valence-electron chi connectivity index (χ3n) is 5.06. The van der Waals surface area contributed by atoms with Gasteiger partial charge in [-0.1, -0.05) is 13.8 Å². The maximum absolute atomic E-state index is 14.7. The molecule has 4 aromatic rings. The van der Waals surface area contributed by atoms with E-state index in [-0.39, 0.29) is 23.2 Å². The summed E-state index contributed by atoms with van der Waals surface area (Å²) in [5, 5.41) is 9.87. The van der Waals surface area contributed by atoms with E-state index in [9.17, 15) is 9.18 Å². The molecule has 0 radical (unpaired) electrons. The number of nitrogens with one attached hydrogen (secondary N) is 2. The number of urea groups is 1. The van der Waals surface area contributed by atoms with Gasteiger partial charge in [-0.3, -0.25) is 5.32 Å². The number of benzene rings is 2. The normalized spacial score (nSPS) is 10.8. The van der Waals surface area contributed by atoms with Crippen LogP contribution in [0.4, 0.5) is 26.5 Å². The highest BCUT2D eigenvalue weighted by Crippen LogP contribution is 2.27. The molecule has 0 bridgehead atoms. The summed E-state index contributed by atoms with van der Waals surface area (Å²) >= 11 is 0. The Bertz CT molecular complexity index is 1340. The molecular weight excluding hydrogens is 451 g/mol. The third kappa shape index (κ3) is 5.67. The average molecular weight is 477 g/mol. The van der Waals surface area contributed by atoms with Gasteiger partial charge in [0.2, 0.25) is 0 Å². The van der Waals surface area contributed by atoms with Crippen molar-refractivity contribution in [2.75, 3.05) is 23.5 Å². The molecule has 0 aliphatic heterocycles. The molecule has 180 valence electrons. The predicted octanol–water partition coefficient (Wildman–Crippen LogP) is 5.56. The number of nitrogens with zero attached hydrogens (tertiary/aromatic N) is 3. The Morgan fingerprint density at radius 1 is 1.00 bits per heavy atom. The summed E-state index contributed by atoms with van der Waals surface area (Å²) in [6, 6.07) is 15.7. The number of anilines is 3. The molecule has 0 fully saturated rings. The van der Waals surface area contributed by atoms with Crippen LogP contribution in [0.1, 0.15) is 25.5 Å². The van der Waals surface area contributed by atoms with E-state index in [2.05, 4.69) is 20.7 Å². The van der Waals surface area contributed by atoms with Crippen molar-refractivity contribution in [3.8, 4) is 22.9 Å². The molecule has 2 aromatic heterocycles. The zero-order valence-corrected chi connectivity index (χ0v) is 19.4. The number of rotatable bonds is 7. The Hall–Kier alpha value is -4.60. The fraction of sp³-hybridized carbons (Fsp3) is 0.160. The van der Waals surface area contributed by atoms with E-state index in [1.807, 2.05) is 26.0 Å². The van der Waals surface area contributed by atoms with E-state index in [4.69, 9.17) is 15.2 Å². The number of hydrogen-bond acceptors (Lipinski definition) is 6. The van der Waals surface area contributed by atoms with E-state index in [0.29, 0.717) is 17.3 Å². The molecule has 0 unspecified atom stereocenters. The molecule has 9 nitrogen and oxygen atoms in total. The largest absolute Gasteiger partial charge is 0.497 e. The number of methoxy groups -OCH3 is 1. The number of hydrogen-bond donors (Lipinski definition) is 3. The number of aromatic nitrogens is 3. The third-order valence-corrected chi connectivity index (χ3v) is 5.06. The lowest BCUT2D eigenvalue weighted by Gasteiger charge is -2.12. The van der Waals surface area contributed by atoms with Crippen molar-refractivity contribution >= 4 is 23.4 Å². The van der Waals surface area contributed by atoms with Crippen LogP contribution in [0.5, 0.6) is 17.2 Å². The van der Waals surface area contributed by atoms with Gasteiger partial charge in [0.15, 0.2) is 0 Å². The lowest BCUT2D eigenvalue weighted by molar-refractivity contribution is 0.262. The highest BCUT2D eigenvalue weighted by atomic mass is 19.1. The first-order valence-corrected chi connectivity index (χ1v) is 10.8. The average Bonchev–Trinajstić information content (AvgIpc) is 3.25. The second kappa shape index (κ2) is 10.1. The molecule has 0 saturated heterocycles. The van der Waals surface area contributed by atoms with Crippen LogP contribution in [0.2, 0.25) is 0 Å². The molecule has 0 spiro atoms. The van der Waals surface area contributed by atoms with Gasteiger partial charge in [-0.2, -0.15) is 5.10 Å². The van der Waals surface area contributed by atoms with Crippen LogP contribution in [0, 0.1) is 5.82 Å². The van der Waals surface area contributed by atoms with Crippen molar-refractivity contribution in [1.29, 1.82) is 0 Å². The number of pyridine rings is 1. The predicted molar refractivity (Wildman–Crippen MR) is 132 cm³/mol. The fourth-order valence-corrected chi connectivity index (χ4v) is 3.25. The summed E-state index contributed by atoms with van der Waals surface area (Å²) in [7, 11) is 1.59. The Morgan fingerprint density at radius 3 is 2.37 bits per heavy atom. The highest BCUT2D eigenvalue weighted by Gasteiger charge is 2.16. The minimum Gasteiger partial charge on any atom is -0.497 e. The van der Waals surface area contributed by atoms with E-state index < -0.39 is 11.8 Å². The molecular formula is C25H25FN6O3. The highest BCUT2D eigenvalue weighted by molar-refractivity contribution is 5.99. The lowest BCUT2D eigenvalue weighted by Crippen LogP contribution is -2.22. The van der Waals surface area contributed by atoms with Crippen molar-refractivity contribution in [3.05, 3.63) is 78.4 Å². The van der Waals surface area contributed by atoms with Gasteiger partial charge >= 0.3 is 6.03 Å². The van der Waals surface area contributed by atoms with Gasteiger partial charge in [-0.05, 0) is 48.4 Å². The monoisotopic (exact) mass is 476 g/mol. The molecule has 0 aliphatic rings. The first-order valence-electron chi connectivity index (χ1n) is 10.8. The van der Waals surface area contributed by atoms with Crippen LogP contribution in [0.25, 0.3) is 5.69 Å². The molecule has 0 atom stereocenters. The molecule has 4 rings (SSSR count). The Kier molecular flexibility index (Phi) is 6.81. The lowest BCUT2D eigenvalue weighted by atomic mass is 10.1. The molecule has 2 amide bonds. The summed E-state index contributed by atoms with van der Waals surface area (Å²) < 4.78 is 27.1. The first kappa shape index (κ1) is 23.6. The number of nitrogen functional groups attached to an aromatic ring is 1. The van der Waals surface area contributed by atoms with Crippen LogP contribution in [0.3, 0.4) is 0 Å². The van der Waals surface area contributed by atoms with Crippen LogP contribution in [-0.4, -0.2) is 27.9 Å². The Labute approximate surface area is 201 Å². The van der Waals surface area contributed by atoms with Gasteiger partial charge in [0.25, 0.3) is 0 Å². The second-order valence-electron chi connectivity index (χ2n) is 7.96. The quantitative estimate of drug-likeness (QED) is 0.322. The first-order chi connectivity index (χ1) is 16.8. The number of nitrogens with two attached hydrogens (primary N) is 1. The van der Waals surface area contributed by atoms with Gasteiger partial charge in [0.05, 0.1) is 24.2 Å². The maximum atomic E-state index is 14.7. The number of carbonyl (C=O) groups is 1. The van der Waals surface area contributed by atoms with E-state index in [1.165, 1.54) is 30.5 Å².